The van der Waals surface area contributed by atoms with Crippen LogP contribution < -0.4 is 0 Å². The van der Waals surface area contributed by atoms with Crippen molar-refractivity contribution in [1.82, 2.24) is 0 Å². The van der Waals surface area contributed by atoms with E-state index in [2.05, 4.69) is 0 Å². The normalized spacial score (nSPS) is 20.9. The minimum atomic E-state index is -1.19. The van der Waals surface area contributed by atoms with E-state index in [1.165, 1.54) is 6.08 Å². The van der Waals surface area contributed by atoms with Crippen molar-refractivity contribution in [3.05, 3.63) is 11.2 Å². The summed E-state index contributed by atoms with van der Waals surface area (Å²) in [7, 11) is 0. The summed E-state index contributed by atoms with van der Waals surface area (Å²) in [6.45, 7) is 0. The Morgan fingerprint density at radius 3 is 2.40 bits per heavy atom. The van der Waals surface area contributed by atoms with Crippen LogP contribution in [0.5, 0.6) is 0 Å². The molecular weight excluding hydrogens is 151 g/mol. The number of nitriles is 2. The van der Waals surface area contributed by atoms with E-state index in [-0.39, 0.29) is 6.42 Å². The molecule has 1 heterocycles. The SMILES string of the molecule is N#CC1(C#N)CC=C(F)S1. The molecule has 0 saturated heterocycles. The Morgan fingerprint density at radius 2 is 2.20 bits per heavy atom. The maximum absolute atomic E-state index is 12.3. The zero-order chi connectivity index (χ0) is 7.61. The molecule has 0 aromatic rings. The van der Waals surface area contributed by atoms with Gasteiger partial charge in [0.15, 0.2) is 9.91 Å². The molecule has 0 unspecified atom stereocenters. The average Bonchev–Trinajstić information content (AvgIpc) is 2.33. The third kappa shape index (κ3) is 0.984. The number of allylic oxidation sites excluding steroid dienone is 1. The third-order valence-corrected chi connectivity index (χ3v) is 2.24. The minimum absolute atomic E-state index is 0.191. The molecule has 1 rings (SSSR count). The van der Waals surface area contributed by atoms with E-state index in [9.17, 15) is 4.39 Å². The molecule has 0 bridgehead atoms. The van der Waals surface area contributed by atoms with Crippen LogP contribution in [0.3, 0.4) is 0 Å². The highest BCUT2D eigenvalue weighted by atomic mass is 32.2. The Hall–Kier alpha value is -1.000. The van der Waals surface area contributed by atoms with Crippen LogP contribution >= 0.6 is 11.8 Å². The molecule has 0 amide bonds. The number of hydrogen-bond acceptors (Lipinski definition) is 3. The number of thioether (sulfide) groups is 1. The smallest absolute Gasteiger partial charge is 0.198 e. The summed E-state index contributed by atoms with van der Waals surface area (Å²) in [5, 5.41) is 16.5. The van der Waals surface area contributed by atoms with Crippen molar-refractivity contribution >= 4 is 11.8 Å². The first-order valence-electron chi connectivity index (χ1n) is 2.59. The molecule has 0 aromatic carbocycles. The van der Waals surface area contributed by atoms with Gasteiger partial charge >= 0.3 is 0 Å². The molecule has 1 aliphatic heterocycles. The zero-order valence-electron chi connectivity index (χ0n) is 4.97. The second kappa shape index (κ2) is 2.32. The molecule has 4 heteroatoms. The van der Waals surface area contributed by atoms with Gasteiger partial charge in [-0.05, 0) is 6.08 Å². The summed E-state index contributed by atoms with van der Waals surface area (Å²) < 4.78 is 11.1. The summed E-state index contributed by atoms with van der Waals surface area (Å²) in [6.07, 6.45) is 1.45. The number of nitrogens with zero attached hydrogens (tertiary/aromatic N) is 2. The first kappa shape index (κ1) is 7.11. The molecule has 50 valence electrons. The number of hydrogen-bond donors (Lipinski definition) is 0. The Balaban J connectivity index is 2.81. The molecular formula is C6H3FN2S. The van der Waals surface area contributed by atoms with Gasteiger partial charge in [-0.25, -0.2) is 0 Å². The lowest BCUT2D eigenvalue weighted by atomic mass is 10.1. The van der Waals surface area contributed by atoms with Crippen molar-refractivity contribution in [1.29, 1.82) is 10.5 Å². The summed E-state index contributed by atoms with van der Waals surface area (Å²) in [6, 6.07) is 3.53. The van der Waals surface area contributed by atoms with Gasteiger partial charge in [0.1, 0.15) is 0 Å². The third-order valence-electron chi connectivity index (χ3n) is 1.18. The fourth-order valence-corrected chi connectivity index (χ4v) is 1.39. The highest BCUT2D eigenvalue weighted by Gasteiger charge is 2.36. The topological polar surface area (TPSA) is 47.6 Å². The van der Waals surface area contributed by atoms with Crippen LogP contribution in [0.25, 0.3) is 0 Å². The van der Waals surface area contributed by atoms with Crippen LogP contribution in [0.2, 0.25) is 0 Å². The van der Waals surface area contributed by atoms with Crippen molar-refractivity contribution in [3.63, 3.8) is 0 Å². The molecule has 0 N–H and O–H groups in total. The average molecular weight is 154 g/mol. The van der Waals surface area contributed by atoms with Gasteiger partial charge < -0.3 is 0 Å². The highest BCUT2D eigenvalue weighted by Crippen LogP contribution is 2.41. The van der Waals surface area contributed by atoms with Gasteiger partial charge in [-0.1, -0.05) is 11.8 Å². The Labute approximate surface area is 61.9 Å². The highest BCUT2D eigenvalue weighted by molar-refractivity contribution is 8.04. The minimum Gasteiger partial charge on any atom is -0.200 e. The quantitative estimate of drug-likeness (QED) is 0.533. The van der Waals surface area contributed by atoms with E-state index in [4.69, 9.17) is 10.5 Å². The molecule has 0 fully saturated rings. The van der Waals surface area contributed by atoms with Crippen LogP contribution in [0.15, 0.2) is 11.2 Å². The fraction of sp³-hybridized carbons (Fsp3) is 0.333. The predicted octanol–water partition coefficient (Wildman–Crippen LogP) is 1.72. The van der Waals surface area contributed by atoms with E-state index in [0.717, 1.165) is 0 Å². The van der Waals surface area contributed by atoms with Crippen molar-refractivity contribution in [3.8, 4) is 12.1 Å². The summed E-state index contributed by atoms with van der Waals surface area (Å²) in [4.78, 5) is 0. The van der Waals surface area contributed by atoms with Crippen LogP contribution in [0.4, 0.5) is 4.39 Å². The van der Waals surface area contributed by atoms with Crippen molar-refractivity contribution < 1.29 is 4.39 Å². The van der Waals surface area contributed by atoms with Crippen LogP contribution in [-0.2, 0) is 0 Å². The van der Waals surface area contributed by atoms with Crippen molar-refractivity contribution in [2.24, 2.45) is 0 Å². The second-order valence-electron chi connectivity index (χ2n) is 1.87. The van der Waals surface area contributed by atoms with E-state index in [1.807, 2.05) is 0 Å². The standard InChI is InChI=1S/C6H3FN2S/c7-5-1-2-6(3-8,4-9)10-5/h1H,2H2. The van der Waals surface area contributed by atoms with Gasteiger partial charge in [0.05, 0.1) is 12.1 Å². The molecule has 2 nitrogen and oxygen atoms in total. The first-order valence-corrected chi connectivity index (χ1v) is 3.41. The van der Waals surface area contributed by atoms with Gasteiger partial charge in [-0.3, -0.25) is 0 Å². The second-order valence-corrected chi connectivity index (χ2v) is 3.16. The molecule has 0 radical (unpaired) electrons. The van der Waals surface area contributed by atoms with E-state index in [0.29, 0.717) is 11.8 Å². The predicted molar refractivity (Wildman–Crippen MR) is 35.4 cm³/mol. The molecule has 10 heavy (non-hydrogen) atoms. The lowest BCUT2D eigenvalue weighted by Crippen LogP contribution is -2.14. The lowest BCUT2D eigenvalue weighted by Gasteiger charge is -2.05. The molecule has 0 atom stereocenters. The van der Waals surface area contributed by atoms with E-state index in [1.54, 1.807) is 12.1 Å². The van der Waals surface area contributed by atoms with Crippen molar-refractivity contribution in [2.75, 3.05) is 0 Å². The van der Waals surface area contributed by atoms with Crippen LogP contribution in [0.1, 0.15) is 6.42 Å². The zero-order valence-corrected chi connectivity index (χ0v) is 5.78. The monoisotopic (exact) mass is 154 g/mol. The van der Waals surface area contributed by atoms with Crippen molar-refractivity contribution in [2.45, 2.75) is 11.2 Å². The summed E-state index contributed by atoms with van der Waals surface area (Å²) in [5.41, 5.74) is 0. The fourth-order valence-electron chi connectivity index (χ4n) is 0.636. The molecule has 0 aliphatic carbocycles. The van der Waals surface area contributed by atoms with Gasteiger partial charge in [0.25, 0.3) is 0 Å². The molecule has 0 aromatic heterocycles. The lowest BCUT2D eigenvalue weighted by molar-refractivity contribution is 0.699. The van der Waals surface area contributed by atoms with Crippen LogP contribution in [-0.4, -0.2) is 4.75 Å². The van der Waals surface area contributed by atoms with Crippen LogP contribution in [0, 0.1) is 22.7 Å². The first-order chi connectivity index (χ1) is 4.72. The molecule has 1 aliphatic rings. The largest absolute Gasteiger partial charge is 0.200 e. The summed E-state index contributed by atoms with van der Waals surface area (Å²) >= 11 is 0.685. The van der Waals surface area contributed by atoms with Gasteiger partial charge in [0, 0.05) is 6.42 Å². The van der Waals surface area contributed by atoms with Gasteiger partial charge in [0.2, 0.25) is 0 Å². The maximum Gasteiger partial charge on any atom is 0.198 e. The molecule has 0 spiro atoms. The maximum atomic E-state index is 12.3. The summed E-state index contributed by atoms with van der Waals surface area (Å²) in [5.74, 6) is 0. The van der Waals surface area contributed by atoms with Gasteiger partial charge in [-0.15, -0.1) is 0 Å². The van der Waals surface area contributed by atoms with E-state index < -0.39 is 9.91 Å². The Kier molecular flexibility index (Phi) is 1.65. The Bertz CT molecular complexity index is 244. The molecule has 0 saturated carbocycles. The number of halogens is 1. The van der Waals surface area contributed by atoms with E-state index >= 15 is 0 Å². The Morgan fingerprint density at radius 1 is 1.60 bits per heavy atom. The van der Waals surface area contributed by atoms with Gasteiger partial charge in [-0.2, -0.15) is 14.9 Å². The number of rotatable bonds is 0.